The summed E-state index contributed by atoms with van der Waals surface area (Å²) >= 11 is 0. The van der Waals surface area contributed by atoms with Gasteiger partial charge in [0.15, 0.2) is 0 Å². The smallest absolute Gasteiger partial charge is 0.240 e. The Hall–Kier alpha value is -1.92. The standard InChI is InChI=1S/C15H19N3O2S/c1-3-18-21(19,20)14-8-6-13(7-9-14)17-11-15-12(2)5-4-10-16-15/h4-10,17-18H,3,11H2,1-2H3. The number of pyridine rings is 1. The second kappa shape index (κ2) is 6.69. The van der Waals surface area contributed by atoms with Crippen molar-refractivity contribution in [2.75, 3.05) is 11.9 Å². The molecule has 5 nitrogen and oxygen atoms in total. The minimum Gasteiger partial charge on any atom is -0.379 e. The second-order valence-corrected chi connectivity index (χ2v) is 6.41. The van der Waals surface area contributed by atoms with Gasteiger partial charge in [0.1, 0.15) is 0 Å². The van der Waals surface area contributed by atoms with Gasteiger partial charge in [-0.05, 0) is 42.8 Å². The highest BCUT2D eigenvalue weighted by atomic mass is 32.2. The van der Waals surface area contributed by atoms with E-state index in [0.29, 0.717) is 13.1 Å². The lowest BCUT2D eigenvalue weighted by atomic mass is 10.2. The molecule has 2 aromatic rings. The fraction of sp³-hybridized carbons (Fsp3) is 0.267. The van der Waals surface area contributed by atoms with Crippen LogP contribution in [0.25, 0.3) is 0 Å². The maximum Gasteiger partial charge on any atom is 0.240 e. The number of sulfonamides is 1. The zero-order chi connectivity index (χ0) is 15.3. The highest BCUT2D eigenvalue weighted by Gasteiger charge is 2.11. The minimum atomic E-state index is -3.39. The van der Waals surface area contributed by atoms with Crippen molar-refractivity contribution in [3.8, 4) is 0 Å². The predicted octanol–water partition coefficient (Wildman–Crippen LogP) is 2.30. The van der Waals surface area contributed by atoms with Crippen LogP contribution in [0, 0.1) is 6.92 Å². The Morgan fingerprint density at radius 1 is 1.14 bits per heavy atom. The van der Waals surface area contributed by atoms with Gasteiger partial charge in [0.05, 0.1) is 17.1 Å². The van der Waals surface area contributed by atoms with Crippen LogP contribution in [-0.2, 0) is 16.6 Å². The second-order valence-electron chi connectivity index (χ2n) is 4.65. The van der Waals surface area contributed by atoms with Gasteiger partial charge >= 0.3 is 0 Å². The van der Waals surface area contributed by atoms with Crippen LogP contribution in [0.15, 0.2) is 47.5 Å². The highest BCUT2D eigenvalue weighted by Crippen LogP contribution is 2.15. The number of nitrogens with one attached hydrogen (secondary N) is 2. The molecule has 0 atom stereocenters. The molecule has 1 aromatic carbocycles. The Kier molecular flexibility index (Phi) is 4.93. The summed E-state index contributed by atoms with van der Waals surface area (Å²) in [5.41, 5.74) is 2.95. The van der Waals surface area contributed by atoms with Crippen LogP contribution in [0.1, 0.15) is 18.2 Å². The molecule has 0 fully saturated rings. The summed E-state index contributed by atoms with van der Waals surface area (Å²) in [6.07, 6.45) is 1.76. The third kappa shape index (κ3) is 4.03. The maximum atomic E-state index is 11.8. The molecular weight excluding hydrogens is 286 g/mol. The average molecular weight is 305 g/mol. The van der Waals surface area contributed by atoms with E-state index in [1.54, 1.807) is 37.4 Å². The van der Waals surface area contributed by atoms with Gasteiger partial charge in [-0.15, -0.1) is 0 Å². The first-order chi connectivity index (χ1) is 10.0. The lowest BCUT2D eigenvalue weighted by Gasteiger charge is -2.09. The molecule has 21 heavy (non-hydrogen) atoms. The number of anilines is 1. The van der Waals surface area contributed by atoms with Gasteiger partial charge in [0, 0.05) is 18.4 Å². The number of nitrogens with zero attached hydrogens (tertiary/aromatic N) is 1. The van der Waals surface area contributed by atoms with E-state index in [9.17, 15) is 8.42 Å². The fourth-order valence-corrected chi connectivity index (χ4v) is 2.96. The normalized spacial score (nSPS) is 11.3. The van der Waals surface area contributed by atoms with E-state index in [2.05, 4.69) is 15.0 Å². The van der Waals surface area contributed by atoms with E-state index in [0.717, 1.165) is 16.9 Å². The van der Waals surface area contributed by atoms with E-state index in [1.165, 1.54) is 0 Å². The highest BCUT2D eigenvalue weighted by molar-refractivity contribution is 7.89. The molecule has 0 bridgehead atoms. The van der Waals surface area contributed by atoms with E-state index in [1.807, 2.05) is 19.1 Å². The summed E-state index contributed by atoms with van der Waals surface area (Å²) in [6.45, 7) is 4.74. The number of benzene rings is 1. The molecule has 112 valence electrons. The molecule has 6 heteroatoms. The van der Waals surface area contributed by atoms with Crippen LogP contribution in [0.4, 0.5) is 5.69 Å². The van der Waals surface area contributed by atoms with E-state index < -0.39 is 10.0 Å². The van der Waals surface area contributed by atoms with Crippen LogP contribution in [0.5, 0.6) is 0 Å². The summed E-state index contributed by atoms with van der Waals surface area (Å²) in [5.74, 6) is 0. The molecule has 0 unspecified atom stereocenters. The first-order valence-corrected chi connectivity index (χ1v) is 8.25. The van der Waals surface area contributed by atoms with Crippen molar-refractivity contribution in [2.24, 2.45) is 0 Å². The van der Waals surface area contributed by atoms with Gasteiger partial charge in [0.2, 0.25) is 10.0 Å². The molecule has 2 N–H and O–H groups in total. The van der Waals surface area contributed by atoms with Crippen LogP contribution >= 0.6 is 0 Å². The van der Waals surface area contributed by atoms with Crippen molar-refractivity contribution < 1.29 is 8.42 Å². The molecule has 0 saturated carbocycles. The van der Waals surface area contributed by atoms with Gasteiger partial charge < -0.3 is 5.32 Å². The van der Waals surface area contributed by atoms with Crippen LogP contribution < -0.4 is 10.0 Å². The Bertz CT molecular complexity index is 697. The Balaban J connectivity index is 2.05. The van der Waals surface area contributed by atoms with E-state index in [4.69, 9.17) is 0 Å². The minimum absolute atomic E-state index is 0.268. The molecule has 0 radical (unpaired) electrons. The molecule has 0 saturated heterocycles. The van der Waals surface area contributed by atoms with Crippen molar-refractivity contribution in [1.82, 2.24) is 9.71 Å². The molecule has 1 aromatic heterocycles. The Morgan fingerprint density at radius 2 is 1.86 bits per heavy atom. The quantitative estimate of drug-likeness (QED) is 0.859. The van der Waals surface area contributed by atoms with Crippen molar-refractivity contribution in [3.05, 3.63) is 53.9 Å². The summed E-state index contributed by atoms with van der Waals surface area (Å²) < 4.78 is 26.1. The van der Waals surface area contributed by atoms with Crippen molar-refractivity contribution in [3.63, 3.8) is 0 Å². The lowest BCUT2D eigenvalue weighted by molar-refractivity contribution is 0.584. The SMILES string of the molecule is CCNS(=O)(=O)c1ccc(NCc2ncccc2C)cc1. The van der Waals surface area contributed by atoms with Crippen LogP contribution in [-0.4, -0.2) is 19.9 Å². The van der Waals surface area contributed by atoms with Crippen molar-refractivity contribution in [2.45, 2.75) is 25.3 Å². The van der Waals surface area contributed by atoms with Crippen LogP contribution in [0.3, 0.4) is 0 Å². The zero-order valence-electron chi connectivity index (χ0n) is 12.1. The van der Waals surface area contributed by atoms with E-state index in [-0.39, 0.29) is 4.90 Å². The van der Waals surface area contributed by atoms with Gasteiger partial charge in [-0.2, -0.15) is 0 Å². The predicted molar refractivity (Wildman–Crippen MR) is 83.6 cm³/mol. The molecule has 0 spiro atoms. The summed E-state index contributed by atoms with van der Waals surface area (Å²) in [7, 11) is -3.39. The molecule has 0 amide bonds. The van der Waals surface area contributed by atoms with Gasteiger partial charge in [0.25, 0.3) is 0 Å². The van der Waals surface area contributed by atoms with Gasteiger partial charge in [-0.3, -0.25) is 4.98 Å². The third-order valence-electron chi connectivity index (χ3n) is 3.08. The number of aryl methyl sites for hydroxylation is 1. The van der Waals surface area contributed by atoms with Crippen molar-refractivity contribution >= 4 is 15.7 Å². The molecule has 0 aliphatic rings. The van der Waals surface area contributed by atoms with Crippen molar-refractivity contribution in [1.29, 1.82) is 0 Å². The monoisotopic (exact) mass is 305 g/mol. The molecular formula is C15H19N3O2S. The molecule has 0 aliphatic heterocycles. The first kappa shape index (κ1) is 15.5. The van der Waals surface area contributed by atoms with Crippen LogP contribution in [0.2, 0.25) is 0 Å². The summed E-state index contributed by atoms with van der Waals surface area (Å²) in [5, 5.41) is 3.23. The largest absolute Gasteiger partial charge is 0.379 e. The molecule has 2 rings (SSSR count). The van der Waals surface area contributed by atoms with Gasteiger partial charge in [-0.25, -0.2) is 13.1 Å². The third-order valence-corrected chi connectivity index (χ3v) is 4.64. The molecule has 0 aliphatic carbocycles. The average Bonchev–Trinajstić information content (AvgIpc) is 2.47. The fourth-order valence-electron chi connectivity index (χ4n) is 1.91. The van der Waals surface area contributed by atoms with Gasteiger partial charge in [-0.1, -0.05) is 13.0 Å². The zero-order valence-corrected chi connectivity index (χ0v) is 12.9. The maximum absolute atomic E-state index is 11.8. The summed E-state index contributed by atoms with van der Waals surface area (Å²) in [4.78, 5) is 4.57. The number of hydrogen-bond donors (Lipinski definition) is 2. The number of hydrogen-bond acceptors (Lipinski definition) is 4. The first-order valence-electron chi connectivity index (χ1n) is 6.77. The number of aromatic nitrogens is 1. The lowest BCUT2D eigenvalue weighted by Crippen LogP contribution is -2.23. The van der Waals surface area contributed by atoms with E-state index >= 15 is 0 Å². The Labute approximate surface area is 125 Å². The number of rotatable bonds is 6. The topological polar surface area (TPSA) is 71.1 Å². The summed E-state index contributed by atoms with van der Waals surface area (Å²) in [6, 6.07) is 10.6. The molecule has 1 heterocycles. The Morgan fingerprint density at radius 3 is 2.48 bits per heavy atom.